The summed E-state index contributed by atoms with van der Waals surface area (Å²) < 4.78 is 0. The number of nitrogens with zero attached hydrogens (tertiary/aromatic N) is 1. The third kappa shape index (κ3) is 4.12. The molecule has 90 valence electrons. The van der Waals surface area contributed by atoms with Crippen molar-refractivity contribution in [3.8, 4) is 0 Å². The first-order valence-corrected chi connectivity index (χ1v) is 6.57. The van der Waals surface area contributed by atoms with Gasteiger partial charge < -0.3 is 10.6 Å². The van der Waals surface area contributed by atoms with E-state index in [0.717, 1.165) is 6.54 Å². The molecular weight excluding hydrogens is 184 g/mol. The maximum Gasteiger partial charge on any atom is 0.00528 e. The van der Waals surface area contributed by atoms with E-state index < -0.39 is 0 Å². The molecule has 0 aromatic heterocycles. The van der Waals surface area contributed by atoms with Crippen molar-refractivity contribution in [2.75, 3.05) is 19.6 Å². The normalized spacial score (nSPS) is 18.8. The quantitative estimate of drug-likeness (QED) is 0.627. The van der Waals surface area contributed by atoms with Crippen LogP contribution in [0.3, 0.4) is 0 Å². The molecule has 0 aliphatic heterocycles. The maximum absolute atomic E-state index is 5.85. The molecule has 0 unspecified atom stereocenters. The third-order valence-electron chi connectivity index (χ3n) is 3.71. The summed E-state index contributed by atoms with van der Waals surface area (Å²) in [5, 5.41) is 0. The van der Waals surface area contributed by atoms with Crippen LogP contribution in [0.15, 0.2) is 0 Å². The van der Waals surface area contributed by atoms with Crippen molar-refractivity contribution in [1.82, 2.24) is 4.90 Å². The number of hydrogen-bond donors (Lipinski definition) is 1. The van der Waals surface area contributed by atoms with Crippen molar-refractivity contribution in [3.05, 3.63) is 0 Å². The fraction of sp³-hybridized carbons (Fsp3) is 1.00. The third-order valence-corrected chi connectivity index (χ3v) is 3.71. The van der Waals surface area contributed by atoms with Crippen LogP contribution in [0, 0.1) is 5.41 Å². The predicted octanol–water partition coefficient (Wildman–Crippen LogP) is 2.63. The van der Waals surface area contributed by atoms with E-state index in [1.165, 1.54) is 45.2 Å². The van der Waals surface area contributed by atoms with E-state index >= 15 is 0 Å². The van der Waals surface area contributed by atoms with Crippen LogP contribution in [0.1, 0.15) is 52.9 Å². The molecule has 1 aliphatic carbocycles. The van der Waals surface area contributed by atoms with Crippen LogP contribution in [-0.2, 0) is 0 Å². The topological polar surface area (TPSA) is 29.3 Å². The Balaban J connectivity index is 2.30. The van der Waals surface area contributed by atoms with Gasteiger partial charge in [-0.15, -0.1) is 0 Å². The Labute approximate surface area is 95.2 Å². The Morgan fingerprint density at radius 2 is 1.93 bits per heavy atom. The lowest BCUT2D eigenvalue weighted by Gasteiger charge is -2.30. The summed E-state index contributed by atoms with van der Waals surface area (Å²) in [5.74, 6) is 0. The molecule has 0 atom stereocenters. The summed E-state index contributed by atoms with van der Waals surface area (Å²) in [4.78, 5) is 2.62. The molecule has 2 N–H and O–H groups in total. The zero-order chi connectivity index (χ0) is 11.3. The van der Waals surface area contributed by atoms with Gasteiger partial charge in [0, 0.05) is 12.6 Å². The second kappa shape index (κ2) is 5.86. The van der Waals surface area contributed by atoms with E-state index in [-0.39, 0.29) is 0 Å². The van der Waals surface area contributed by atoms with Gasteiger partial charge in [-0.3, -0.25) is 0 Å². The Bertz CT molecular complexity index is 173. The molecule has 15 heavy (non-hydrogen) atoms. The van der Waals surface area contributed by atoms with Crippen LogP contribution in [0.4, 0.5) is 0 Å². The van der Waals surface area contributed by atoms with E-state index in [2.05, 4.69) is 25.7 Å². The molecule has 1 aliphatic rings. The van der Waals surface area contributed by atoms with Crippen LogP contribution in [0.2, 0.25) is 0 Å². The number of rotatable bonds is 8. The molecule has 0 spiro atoms. The highest BCUT2D eigenvalue weighted by Gasteiger charge is 2.42. The zero-order valence-electron chi connectivity index (χ0n) is 10.8. The molecule has 0 aromatic carbocycles. The second-order valence-electron chi connectivity index (χ2n) is 5.48. The molecule has 2 heteroatoms. The van der Waals surface area contributed by atoms with Crippen molar-refractivity contribution in [2.45, 2.75) is 58.9 Å². The van der Waals surface area contributed by atoms with Crippen LogP contribution in [-0.4, -0.2) is 30.6 Å². The maximum atomic E-state index is 5.85. The molecule has 1 fully saturated rings. The average molecular weight is 212 g/mol. The summed E-state index contributed by atoms with van der Waals surface area (Å²) in [6.07, 6.45) is 6.71. The van der Waals surface area contributed by atoms with Crippen molar-refractivity contribution >= 4 is 0 Å². The standard InChI is InChI=1S/C13H28N2/c1-4-5-6-9-15(12(2)3)11-13(10-14)7-8-13/h12H,4-11,14H2,1-3H3. The molecule has 0 heterocycles. The highest BCUT2D eigenvalue weighted by Crippen LogP contribution is 2.45. The van der Waals surface area contributed by atoms with Gasteiger partial charge in [0.25, 0.3) is 0 Å². The fourth-order valence-corrected chi connectivity index (χ4v) is 2.12. The number of hydrogen-bond acceptors (Lipinski definition) is 2. The lowest BCUT2D eigenvalue weighted by molar-refractivity contribution is 0.176. The smallest absolute Gasteiger partial charge is 0.00528 e. The van der Waals surface area contributed by atoms with Crippen LogP contribution in [0.25, 0.3) is 0 Å². The average Bonchev–Trinajstić information content (AvgIpc) is 2.97. The van der Waals surface area contributed by atoms with Crippen LogP contribution in [0.5, 0.6) is 0 Å². The van der Waals surface area contributed by atoms with E-state index in [1.807, 2.05) is 0 Å². The minimum atomic E-state index is 0.497. The number of unbranched alkanes of at least 4 members (excludes halogenated alkanes) is 2. The van der Waals surface area contributed by atoms with Gasteiger partial charge in [-0.25, -0.2) is 0 Å². The summed E-state index contributed by atoms with van der Waals surface area (Å²) in [6, 6.07) is 0.672. The van der Waals surface area contributed by atoms with Crippen LogP contribution >= 0.6 is 0 Å². The summed E-state index contributed by atoms with van der Waals surface area (Å²) in [6.45, 7) is 10.2. The lowest BCUT2D eigenvalue weighted by Crippen LogP contribution is -2.39. The summed E-state index contributed by atoms with van der Waals surface area (Å²) >= 11 is 0. The first-order chi connectivity index (χ1) is 7.13. The predicted molar refractivity (Wildman–Crippen MR) is 67.0 cm³/mol. The summed E-state index contributed by atoms with van der Waals surface area (Å²) in [5.41, 5.74) is 6.34. The van der Waals surface area contributed by atoms with E-state index in [4.69, 9.17) is 5.73 Å². The van der Waals surface area contributed by atoms with Crippen molar-refractivity contribution in [2.24, 2.45) is 11.1 Å². The van der Waals surface area contributed by atoms with Gasteiger partial charge in [0.05, 0.1) is 0 Å². The molecule has 2 nitrogen and oxygen atoms in total. The van der Waals surface area contributed by atoms with Gasteiger partial charge in [0.2, 0.25) is 0 Å². The van der Waals surface area contributed by atoms with E-state index in [0.29, 0.717) is 11.5 Å². The largest absolute Gasteiger partial charge is 0.330 e. The van der Waals surface area contributed by atoms with Gasteiger partial charge >= 0.3 is 0 Å². The van der Waals surface area contributed by atoms with Gasteiger partial charge in [-0.2, -0.15) is 0 Å². The minimum Gasteiger partial charge on any atom is -0.330 e. The van der Waals surface area contributed by atoms with Crippen molar-refractivity contribution in [1.29, 1.82) is 0 Å². The lowest BCUT2D eigenvalue weighted by atomic mass is 10.1. The van der Waals surface area contributed by atoms with Gasteiger partial charge in [0.1, 0.15) is 0 Å². The highest BCUT2D eigenvalue weighted by atomic mass is 15.2. The Kier molecular flexibility index (Phi) is 5.07. The Morgan fingerprint density at radius 1 is 1.27 bits per heavy atom. The minimum absolute atomic E-state index is 0.497. The SMILES string of the molecule is CCCCCN(CC1(CN)CC1)C(C)C. The summed E-state index contributed by atoms with van der Waals surface area (Å²) in [7, 11) is 0. The molecule has 0 amide bonds. The monoisotopic (exact) mass is 212 g/mol. The molecule has 1 rings (SSSR count). The van der Waals surface area contributed by atoms with Gasteiger partial charge in [-0.1, -0.05) is 19.8 Å². The van der Waals surface area contributed by atoms with E-state index in [1.54, 1.807) is 0 Å². The fourth-order valence-electron chi connectivity index (χ4n) is 2.12. The Morgan fingerprint density at radius 3 is 2.33 bits per heavy atom. The molecular formula is C13H28N2. The zero-order valence-corrected chi connectivity index (χ0v) is 10.8. The molecule has 1 saturated carbocycles. The molecule has 0 aromatic rings. The van der Waals surface area contributed by atoms with Crippen molar-refractivity contribution in [3.63, 3.8) is 0 Å². The number of nitrogens with two attached hydrogens (primary N) is 1. The van der Waals surface area contributed by atoms with Gasteiger partial charge in [0.15, 0.2) is 0 Å². The Hall–Kier alpha value is -0.0800. The molecule has 0 bridgehead atoms. The van der Waals surface area contributed by atoms with Crippen molar-refractivity contribution < 1.29 is 0 Å². The highest BCUT2D eigenvalue weighted by molar-refractivity contribution is 4.96. The first-order valence-electron chi connectivity index (χ1n) is 6.57. The molecule has 0 saturated heterocycles. The molecule has 0 radical (unpaired) electrons. The van der Waals surface area contributed by atoms with Crippen LogP contribution < -0.4 is 5.73 Å². The van der Waals surface area contributed by atoms with E-state index in [9.17, 15) is 0 Å². The second-order valence-corrected chi connectivity index (χ2v) is 5.48. The van der Waals surface area contributed by atoms with Gasteiger partial charge in [-0.05, 0) is 51.6 Å². The first kappa shape index (κ1) is 13.0.